The van der Waals surface area contributed by atoms with Gasteiger partial charge < -0.3 is 19.3 Å². The molecule has 37 heavy (non-hydrogen) atoms. The number of fused-ring (bicyclic) bond motifs is 1. The van der Waals surface area contributed by atoms with Crippen molar-refractivity contribution < 1.29 is 19.1 Å². The molecule has 2 aromatic carbocycles. The molecule has 4 heterocycles. The van der Waals surface area contributed by atoms with Gasteiger partial charge in [0.25, 0.3) is 11.8 Å². The highest BCUT2D eigenvalue weighted by molar-refractivity contribution is 6.00. The first-order valence-corrected chi connectivity index (χ1v) is 12.2. The number of hydrogen-bond donors (Lipinski definition) is 0. The van der Waals surface area contributed by atoms with Crippen molar-refractivity contribution in [2.45, 2.75) is 6.10 Å². The number of carbonyl (C=O) groups excluding carboxylic acids is 2. The number of pyridine rings is 1. The van der Waals surface area contributed by atoms with Crippen molar-refractivity contribution in [3.05, 3.63) is 90.9 Å². The van der Waals surface area contributed by atoms with Crippen LogP contribution in [-0.2, 0) is 4.79 Å². The Bertz CT molecular complexity index is 1420. The van der Waals surface area contributed by atoms with Crippen LogP contribution in [0.25, 0.3) is 16.9 Å². The Morgan fingerprint density at radius 1 is 0.838 bits per heavy atom. The van der Waals surface area contributed by atoms with E-state index in [2.05, 4.69) is 4.98 Å². The number of nitrogens with zero attached hydrogens (tertiary/aromatic N) is 5. The van der Waals surface area contributed by atoms with Gasteiger partial charge in [0.1, 0.15) is 12.3 Å². The van der Waals surface area contributed by atoms with E-state index in [1.165, 1.54) is 0 Å². The van der Waals surface area contributed by atoms with Gasteiger partial charge in [-0.05, 0) is 36.4 Å². The normalized spacial score (nSPS) is 16.9. The molecule has 2 amide bonds. The van der Waals surface area contributed by atoms with E-state index in [-0.39, 0.29) is 18.4 Å². The average Bonchev–Trinajstić information content (AvgIpc) is 3.43. The largest absolute Gasteiger partial charge is 0.485 e. The quantitative estimate of drug-likeness (QED) is 0.432. The number of carbonyl (C=O) groups is 2. The maximum Gasteiger partial charge on any atom is 0.267 e. The van der Waals surface area contributed by atoms with Crippen LogP contribution in [0.5, 0.6) is 11.5 Å². The van der Waals surface area contributed by atoms with Crippen LogP contribution in [0.1, 0.15) is 10.4 Å². The number of hydrogen-bond acceptors (Lipinski definition) is 6. The Kier molecular flexibility index (Phi) is 6.02. The topological polar surface area (TPSA) is 89.8 Å². The summed E-state index contributed by atoms with van der Waals surface area (Å²) < 4.78 is 13.3. The lowest BCUT2D eigenvalue weighted by atomic mass is 10.1. The molecule has 2 aliphatic rings. The molecule has 0 aliphatic carbocycles. The minimum atomic E-state index is -0.696. The van der Waals surface area contributed by atoms with E-state index in [9.17, 15) is 9.59 Å². The number of ether oxygens (including phenoxy) is 2. The van der Waals surface area contributed by atoms with Crippen LogP contribution in [0.3, 0.4) is 0 Å². The van der Waals surface area contributed by atoms with Crippen LogP contribution in [-0.4, -0.2) is 75.3 Å². The molecule has 0 N–H and O–H groups in total. The van der Waals surface area contributed by atoms with E-state index in [1.54, 1.807) is 39.1 Å². The molecule has 186 valence electrons. The Morgan fingerprint density at radius 3 is 2.32 bits per heavy atom. The summed E-state index contributed by atoms with van der Waals surface area (Å²) in [6.45, 7) is 1.83. The summed E-state index contributed by atoms with van der Waals surface area (Å²) in [7, 11) is 0. The Morgan fingerprint density at radius 2 is 1.57 bits per heavy atom. The van der Waals surface area contributed by atoms with Gasteiger partial charge in [-0.2, -0.15) is 5.10 Å². The lowest BCUT2D eigenvalue weighted by Crippen LogP contribution is -2.55. The van der Waals surface area contributed by atoms with Gasteiger partial charge in [-0.1, -0.05) is 30.3 Å². The fourth-order valence-electron chi connectivity index (χ4n) is 4.60. The molecule has 1 unspecified atom stereocenters. The molecule has 0 saturated carbocycles. The van der Waals surface area contributed by atoms with Crippen LogP contribution >= 0.6 is 0 Å². The third kappa shape index (κ3) is 4.51. The van der Waals surface area contributed by atoms with Gasteiger partial charge in [-0.15, -0.1) is 0 Å². The van der Waals surface area contributed by atoms with Crippen LogP contribution in [0.15, 0.2) is 85.3 Å². The van der Waals surface area contributed by atoms with Gasteiger partial charge >= 0.3 is 0 Å². The number of piperazine rings is 1. The van der Waals surface area contributed by atoms with Crippen molar-refractivity contribution >= 4 is 11.8 Å². The molecule has 1 saturated heterocycles. The number of benzene rings is 2. The second-order valence-corrected chi connectivity index (χ2v) is 8.89. The summed E-state index contributed by atoms with van der Waals surface area (Å²) in [5.41, 5.74) is 2.70. The monoisotopic (exact) mass is 495 g/mol. The maximum atomic E-state index is 13.7. The molecule has 9 heteroatoms. The second-order valence-electron chi connectivity index (χ2n) is 8.89. The zero-order chi connectivity index (χ0) is 25.2. The SMILES string of the molecule is O=C(c1cn(-c2ccccc2)nc1-c1cccnc1)N1CCN(C(=O)C2COc3ccccc3O2)CC1. The van der Waals surface area contributed by atoms with Crippen molar-refractivity contribution in [3.63, 3.8) is 0 Å². The number of aromatic nitrogens is 3. The molecule has 2 aliphatic heterocycles. The second kappa shape index (κ2) is 9.77. The molecule has 0 spiro atoms. The Hall–Kier alpha value is -4.66. The van der Waals surface area contributed by atoms with E-state index < -0.39 is 6.10 Å². The maximum absolute atomic E-state index is 13.7. The van der Waals surface area contributed by atoms with Gasteiger partial charge in [0.15, 0.2) is 11.5 Å². The van der Waals surface area contributed by atoms with Crippen molar-refractivity contribution in [3.8, 4) is 28.4 Å². The molecule has 0 bridgehead atoms. The highest BCUT2D eigenvalue weighted by atomic mass is 16.6. The van der Waals surface area contributed by atoms with Gasteiger partial charge in [0, 0.05) is 50.3 Å². The van der Waals surface area contributed by atoms with Crippen LogP contribution in [0, 0.1) is 0 Å². The van der Waals surface area contributed by atoms with E-state index in [0.29, 0.717) is 48.9 Å². The third-order valence-corrected chi connectivity index (χ3v) is 6.56. The van der Waals surface area contributed by atoms with Gasteiger partial charge in [-0.3, -0.25) is 14.6 Å². The summed E-state index contributed by atoms with van der Waals surface area (Å²) in [4.78, 5) is 34.5. The molecule has 1 atom stereocenters. The fraction of sp³-hybridized carbons (Fsp3) is 0.214. The predicted octanol–water partition coefficient (Wildman–Crippen LogP) is 3.06. The summed E-state index contributed by atoms with van der Waals surface area (Å²) in [6.07, 6.45) is 4.46. The van der Waals surface area contributed by atoms with Crippen LogP contribution in [0.2, 0.25) is 0 Å². The summed E-state index contributed by atoms with van der Waals surface area (Å²) in [5, 5.41) is 4.72. The highest BCUT2D eigenvalue weighted by Crippen LogP contribution is 2.31. The van der Waals surface area contributed by atoms with E-state index in [0.717, 1.165) is 11.3 Å². The first-order chi connectivity index (χ1) is 18.2. The first kappa shape index (κ1) is 22.8. The third-order valence-electron chi connectivity index (χ3n) is 6.56. The smallest absolute Gasteiger partial charge is 0.267 e. The van der Waals surface area contributed by atoms with Crippen molar-refractivity contribution in [1.82, 2.24) is 24.6 Å². The molecular formula is C28H25N5O4. The highest BCUT2D eigenvalue weighted by Gasteiger charge is 2.34. The zero-order valence-electron chi connectivity index (χ0n) is 20.1. The molecule has 0 radical (unpaired) electrons. The minimum Gasteiger partial charge on any atom is -0.485 e. The molecule has 4 aromatic rings. The van der Waals surface area contributed by atoms with Crippen molar-refractivity contribution in [2.75, 3.05) is 32.8 Å². The van der Waals surface area contributed by atoms with Crippen LogP contribution < -0.4 is 9.47 Å². The fourth-order valence-corrected chi connectivity index (χ4v) is 4.60. The average molecular weight is 496 g/mol. The first-order valence-electron chi connectivity index (χ1n) is 12.2. The number of amides is 2. The summed E-state index contributed by atoms with van der Waals surface area (Å²) in [5.74, 6) is 0.954. The molecule has 2 aromatic heterocycles. The molecule has 9 nitrogen and oxygen atoms in total. The molecular weight excluding hydrogens is 470 g/mol. The van der Waals surface area contributed by atoms with E-state index in [1.807, 2.05) is 60.7 Å². The standard InChI is InChI=1S/C28H25N5O4/c34-27(22-18-33(21-8-2-1-3-9-21)30-26(22)20-7-6-12-29-17-20)31-13-15-32(16-14-31)28(35)25-19-36-23-10-4-5-11-24(23)37-25/h1-12,17-18,25H,13-16,19H2. The summed E-state index contributed by atoms with van der Waals surface area (Å²) in [6, 6.07) is 20.7. The number of rotatable bonds is 4. The minimum absolute atomic E-state index is 0.126. The van der Waals surface area contributed by atoms with Gasteiger partial charge in [0.05, 0.1) is 11.3 Å². The lowest BCUT2D eigenvalue weighted by molar-refractivity contribution is -0.142. The predicted molar refractivity (Wildman–Crippen MR) is 136 cm³/mol. The van der Waals surface area contributed by atoms with Gasteiger partial charge in [0.2, 0.25) is 6.10 Å². The van der Waals surface area contributed by atoms with E-state index >= 15 is 0 Å². The zero-order valence-corrected chi connectivity index (χ0v) is 20.1. The van der Waals surface area contributed by atoms with Crippen LogP contribution in [0.4, 0.5) is 0 Å². The van der Waals surface area contributed by atoms with Crippen molar-refractivity contribution in [1.29, 1.82) is 0 Å². The Labute approximate surface area is 213 Å². The molecule has 6 rings (SSSR count). The van der Waals surface area contributed by atoms with Crippen molar-refractivity contribution in [2.24, 2.45) is 0 Å². The molecule has 1 fully saturated rings. The number of para-hydroxylation sites is 3. The van der Waals surface area contributed by atoms with Gasteiger partial charge in [-0.25, -0.2) is 4.68 Å². The Balaban J connectivity index is 1.17. The lowest BCUT2D eigenvalue weighted by Gasteiger charge is -2.37. The van der Waals surface area contributed by atoms with E-state index in [4.69, 9.17) is 14.6 Å². The summed E-state index contributed by atoms with van der Waals surface area (Å²) >= 11 is 0.